The molecule has 2 aromatic carbocycles. The van der Waals surface area contributed by atoms with Gasteiger partial charge in [0.05, 0.1) is 25.2 Å². The predicted molar refractivity (Wildman–Crippen MR) is 144 cm³/mol. The normalized spacial score (nSPS) is 18.3. The SMILES string of the molecule is CC[C@H](C)[C@H](N)C(=O)N(Cc1ccccc1)C(=O)[C@@H]1CCCN1CC(=O)O[C@H](c1ccccc1)C(C)C. The molecule has 1 aliphatic rings. The van der Waals surface area contributed by atoms with Crippen molar-refractivity contribution in [2.45, 2.75) is 71.7 Å². The van der Waals surface area contributed by atoms with E-state index in [1.54, 1.807) is 0 Å². The van der Waals surface area contributed by atoms with Gasteiger partial charge in [0, 0.05) is 0 Å². The van der Waals surface area contributed by atoms with E-state index in [4.69, 9.17) is 10.5 Å². The molecule has 200 valence electrons. The largest absolute Gasteiger partial charge is 0.456 e. The van der Waals surface area contributed by atoms with Crippen LogP contribution >= 0.6 is 0 Å². The van der Waals surface area contributed by atoms with Gasteiger partial charge in [-0.15, -0.1) is 0 Å². The highest BCUT2D eigenvalue weighted by atomic mass is 16.5. The quantitative estimate of drug-likeness (QED) is 0.456. The first-order valence-electron chi connectivity index (χ1n) is 13.4. The Hall–Kier alpha value is -3.03. The van der Waals surface area contributed by atoms with Crippen LogP contribution in [0.1, 0.15) is 64.2 Å². The molecule has 1 heterocycles. The summed E-state index contributed by atoms with van der Waals surface area (Å²) in [7, 11) is 0. The summed E-state index contributed by atoms with van der Waals surface area (Å²) >= 11 is 0. The van der Waals surface area contributed by atoms with E-state index >= 15 is 0 Å². The Kier molecular flexibility index (Phi) is 10.4. The van der Waals surface area contributed by atoms with Crippen LogP contribution in [0.3, 0.4) is 0 Å². The Balaban J connectivity index is 1.75. The molecular formula is C30H41N3O4. The number of hydrogen-bond donors (Lipinski definition) is 1. The fourth-order valence-electron chi connectivity index (χ4n) is 4.76. The standard InChI is InChI=1S/C30H41N3O4/c1-5-22(4)27(31)30(36)33(19-23-13-8-6-9-14-23)29(35)25-17-12-18-32(25)20-26(34)37-28(21(2)3)24-15-10-7-11-16-24/h6-11,13-16,21-22,25,27-28H,5,12,17-20,31H2,1-4H3/t22-,25-,27-,28-/m0/s1. The van der Waals surface area contributed by atoms with Crippen molar-refractivity contribution in [3.63, 3.8) is 0 Å². The predicted octanol–water partition coefficient (Wildman–Crippen LogP) is 4.32. The van der Waals surface area contributed by atoms with Crippen molar-refractivity contribution in [3.05, 3.63) is 71.8 Å². The Morgan fingerprint density at radius 3 is 2.24 bits per heavy atom. The molecule has 0 aliphatic carbocycles. The van der Waals surface area contributed by atoms with Gasteiger partial charge in [-0.3, -0.25) is 24.2 Å². The van der Waals surface area contributed by atoms with Crippen LogP contribution in [-0.2, 0) is 25.7 Å². The molecule has 0 spiro atoms. The number of amides is 2. The number of nitrogens with zero attached hydrogens (tertiary/aromatic N) is 2. The minimum Gasteiger partial charge on any atom is -0.456 e. The number of rotatable bonds is 11. The zero-order chi connectivity index (χ0) is 26.9. The van der Waals surface area contributed by atoms with E-state index in [0.29, 0.717) is 13.0 Å². The van der Waals surface area contributed by atoms with Gasteiger partial charge in [-0.25, -0.2) is 0 Å². The summed E-state index contributed by atoms with van der Waals surface area (Å²) < 4.78 is 5.88. The monoisotopic (exact) mass is 507 g/mol. The lowest BCUT2D eigenvalue weighted by molar-refractivity contribution is -0.155. The molecule has 0 aromatic heterocycles. The number of hydrogen-bond acceptors (Lipinski definition) is 6. The summed E-state index contributed by atoms with van der Waals surface area (Å²) in [5.74, 6) is -1.01. The van der Waals surface area contributed by atoms with Gasteiger partial charge in [-0.05, 0) is 42.3 Å². The molecule has 0 bridgehead atoms. The molecule has 2 amide bonds. The molecule has 37 heavy (non-hydrogen) atoms. The summed E-state index contributed by atoms with van der Waals surface area (Å²) in [5, 5.41) is 0. The molecular weight excluding hydrogens is 466 g/mol. The molecule has 0 unspecified atom stereocenters. The van der Waals surface area contributed by atoms with Crippen molar-refractivity contribution in [1.82, 2.24) is 9.80 Å². The molecule has 0 saturated carbocycles. The van der Waals surface area contributed by atoms with Crippen LogP contribution in [0, 0.1) is 11.8 Å². The lowest BCUT2D eigenvalue weighted by Crippen LogP contribution is -2.54. The fraction of sp³-hybridized carbons (Fsp3) is 0.500. The number of imide groups is 1. The highest BCUT2D eigenvalue weighted by Gasteiger charge is 2.39. The molecule has 1 aliphatic heterocycles. The molecule has 3 rings (SSSR count). The van der Waals surface area contributed by atoms with Gasteiger partial charge in [0.1, 0.15) is 6.10 Å². The van der Waals surface area contributed by atoms with Gasteiger partial charge in [0.15, 0.2) is 0 Å². The van der Waals surface area contributed by atoms with Crippen LogP contribution in [0.4, 0.5) is 0 Å². The number of likely N-dealkylation sites (tertiary alicyclic amines) is 1. The molecule has 1 fully saturated rings. The number of benzene rings is 2. The van der Waals surface area contributed by atoms with Crippen LogP contribution in [-0.4, -0.2) is 52.8 Å². The van der Waals surface area contributed by atoms with Gasteiger partial charge >= 0.3 is 5.97 Å². The van der Waals surface area contributed by atoms with Crippen LogP contribution in [0.2, 0.25) is 0 Å². The minimum absolute atomic E-state index is 0.00273. The maximum atomic E-state index is 13.8. The van der Waals surface area contributed by atoms with Gasteiger partial charge in [-0.2, -0.15) is 0 Å². The van der Waals surface area contributed by atoms with Crippen LogP contribution in [0.5, 0.6) is 0 Å². The van der Waals surface area contributed by atoms with Gasteiger partial charge in [0.2, 0.25) is 11.8 Å². The van der Waals surface area contributed by atoms with Crippen molar-refractivity contribution in [2.24, 2.45) is 17.6 Å². The number of nitrogens with two attached hydrogens (primary N) is 1. The van der Waals surface area contributed by atoms with Gasteiger partial charge < -0.3 is 10.5 Å². The van der Waals surface area contributed by atoms with E-state index < -0.39 is 12.1 Å². The average Bonchev–Trinajstić information content (AvgIpc) is 3.37. The smallest absolute Gasteiger partial charge is 0.320 e. The second-order valence-electron chi connectivity index (χ2n) is 10.4. The van der Waals surface area contributed by atoms with E-state index in [0.717, 1.165) is 24.0 Å². The topological polar surface area (TPSA) is 92.9 Å². The van der Waals surface area contributed by atoms with Crippen molar-refractivity contribution in [1.29, 1.82) is 0 Å². The summed E-state index contributed by atoms with van der Waals surface area (Å²) in [6.45, 7) is 8.67. The van der Waals surface area contributed by atoms with E-state index in [-0.39, 0.29) is 48.8 Å². The van der Waals surface area contributed by atoms with Gasteiger partial charge in [0.25, 0.3) is 0 Å². The molecule has 4 atom stereocenters. The van der Waals surface area contributed by atoms with Crippen molar-refractivity contribution in [2.75, 3.05) is 13.1 Å². The summed E-state index contributed by atoms with van der Waals surface area (Å²) in [5.41, 5.74) is 8.08. The first-order valence-corrected chi connectivity index (χ1v) is 13.4. The van der Waals surface area contributed by atoms with Crippen LogP contribution < -0.4 is 5.73 Å². The fourth-order valence-corrected chi connectivity index (χ4v) is 4.76. The Morgan fingerprint density at radius 2 is 1.65 bits per heavy atom. The number of carbonyl (C=O) groups excluding carboxylic acids is 3. The Bertz CT molecular complexity index is 1030. The van der Waals surface area contributed by atoms with Crippen LogP contribution in [0.15, 0.2) is 60.7 Å². The van der Waals surface area contributed by atoms with Crippen molar-refractivity contribution < 1.29 is 19.1 Å². The Labute approximate surface area is 221 Å². The summed E-state index contributed by atoms with van der Waals surface area (Å²) in [6.07, 6.45) is 1.71. The molecule has 0 radical (unpaired) electrons. The molecule has 2 N–H and O–H groups in total. The zero-order valence-electron chi connectivity index (χ0n) is 22.5. The highest BCUT2D eigenvalue weighted by Crippen LogP contribution is 2.27. The first-order chi connectivity index (χ1) is 17.7. The molecule has 2 aromatic rings. The van der Waals surface area contributed by atoms with E-state index in [9.17, 15) is 14.4 Å². The van der Waals surface area contributed by atoms with E-state index in [1.807, 2.05) is 93.3 Å². The van der Waals surface area contributed by atoms with E-state index in [2.05, 4.69) is 0 Å². The third-order valence-electron chi connectivity index (χ3n) is 7.23. The molecule has 1 saturated heterocycles. The number of ether oxygens (including phenoxy) is 1. The second kappa shape index (κ2) is 13.5. The first kappa shape index (κ1) is 28.5. The lowest BCUT2D eigenvalue weighted by Gasteiger charge is -2.32. The van der Waals surface area contributed by atoms with Gasteiger partial charge in [-0.1, -0.05) is 94.8 Å². The molecule has 7 heteroatoms. The third-order valence-corrected chi connectivity index (χ3v) is 7.23. The lowest BCUT2D eigenvalue weighted by atomic mass is 9.98. The third kappa shape index (κ3) is 7.49. The average molecular weight is 508 g/mol. The molecule has 7 nitrogen and oxygen atoms in total. The number of esters is 1. The maximum Gasteiger partial charge on any atom is 0.320 e. The minimum atomic E-state index is -0.768. The summed E-state index contributed by atoms with van der Waals surface area (Å²) in [6, 6.07) is 17.8. The van der Waals surface area contributed by atoms with Crippen molar-refractivity contribution >= 4 is 17.8 Å². The highest BCUT2D eigenvalue weighted by molar-refractivity contribution is 6.00. The maximum absolute atomic E-state index is 13.8. The second-order valence-corrected chi connectivity index (χ2v) is 10.4. The Morgan fingerprint density at radius 1 is 1.03 bits per heavy atom. The zero-order valence-corrected chi connectivity index (χ0v) is 22.5. The van der Waals surface area contributed by atoms with E-state index in [1.165, 1.54) is 4.90 Å². The number of carbonyl (C=O) groups is 3. The summed E-state index contributed by atoms with van der Waals surface area (Å²) in [4.78, 5) is 43.4. The van der Waals surface area contributed by atoms with Crippen molar-refractivity contribution in [3.8, 4) is 0 Å². The van der Waals surface area contributed by atoms with Crippen LogP contribution in [0.25, 0.3) is 0 Å².